The summed E-state index contributed by atoms with van der Waals surface area (Å²) in [6.07, 6.45) is 7.57. The summed E-state index contributed by atoms with van der Waals surface area (Å²) in [5.74, 6) is 1.17. The molecule has 2 aromatic rings. The zero-order chi connectivity index (χ0) is 23.8. The molecule has 1 N–H and O–H groups in total. The maximum atomic E-state index is 13.2. The summed E-state index contributed by atoms with van der Waals surface area (Å²) < 4.78 is 5.33. The number of carbonyl (C=O) groups excluding carboxylic acids is 2. The van der Waals surface area contributed by atoms with E-state index in [0.717, 1.165) is 41.0 Å². The lowest BCUT2D eigenvalue weighted by Crippen LogP contribution is -2.33. The number of hydrogen-bond acceptors (Lipinski definition) is 4. The number of ether oxygens (including phenoxy) is 1. The van der Waals surface area contributed by atoms with Gasteiger partial charge in [0.05, 0.1) is 18.4 Å². The van der Waals surface area contributed by atoms with Gasteiger partial charge in [-0.25, -0.2) is 4.98 Å². The zero-order valence-corrected chi connectivity index (χ0v) is 19.9. The van der Waals surface area contributed by atoms with Crippen LogP contribution < -0.4 is 10.1 Å². The van der Waals surface area contributed by atoms with Crippen molar-refractivity contribution in [2.24, 2.45) is 11.8 Å². The molecule has 1 saturated carbocycles. The number of hydrogen-bond donors (Lipinski definition) is 1. The fraction of sp³-hybridized carbons (Fsp3) is 0.370. The Balaban J connectivity index is 1.53. The van der Waals surface area contributed by atoms with E-state index < -0.39 is 5.41 Å². The predicted octanol–water partition coefficient (Wildman–Crippen LogP) is 4.36. The van der Waals surface area contributed by atoms with Crippen LogP contribution in [0, 0.1) is 18.8 Å². The minimum Gasteiger partial charge on any atom is -0.497 e. The number of nitrogens with zero attached hydrogens (tertiary/aromatic N) is 2. The van der Waals surface area contributed by atoms with Gasteiger partial charge in [0, 0.05) is 19.8 Å². The van der Waals surface area contributed by atoms with E-state index in [-0.39, 0.29) is 23.7 Å². The molecule has 2 unspecified atom stereocenters. The predicted molar refractivity (Wildman–Crippen MR) is 130 cm³/mol. The molecule has 1 aromatic heterocycles. The summed E-state index contributed by atoms with van der Waals surface area (Å²) in [4.78, 5) is 32.1. The second-order valence-electron chi connectivity index (χ2n) is 9.15. The highest BCUT2D eigenvalue weighted by molar-refractivity contribution is 6.01. The Labute approximate surface area is 195 Å². The number of amides is 2. The van der Waals surface area contributed by atoms with Crippen LogP contribution in [-0.2, 0) is 15.0 Å². The summed E-state index contributed by atoms with van der Waals surface area (Å²) in [5.41, 5.74) is 3.35. The Morgan fingerprint density at radius 3 is 2.58 bits per heavy atom. The van der Waals surface area contributed by atoms with Gasteiger partial charge in [-0.2, -0.15) is 0 Å². The molecular formula is C27H31N3O3. The molecule has 0 bridgehead atoms. The van der Waals surface area contributed by atoms with E-state index >= 15 is 0 Å². The van der Waals surface area contributed by atoms with Crippen LogP contribution in [0.3, 0.4) is 0 Å². The first-order valence-electron chi connectivity index (χ1n) is 11.3. The highest BCUT2D eigenvalue weighted by Crippen LogP contribution is 2.49. The molecule has 2 aliphatic rings. The third-order valence-electron chi connectivity index (χ3n) is 6.79. The van der Waals surface area contributed by atoms with Crippen LogP contribution in [0.25, 0.3) is 5.57 Å². The zero-order valence-electron chi connectivity index (χ0n) is 19.9. The van der Waals surface area contributed by atoms with Gasteiger partial charge in [0.1, 0.15) is 11.6 Å². The number of allylic oxidation sites excluding steroid dienone is 3. The van der Waals surface area contributed by atoms with Gasteiger partial charge in [0.2, 0.25) is 11.8 Å². The van der Waals surface area contributed by atoms with Gasteiger partial charge in [-0.3, -0.25) is 9.59 Å². The largest absolute Gasteiger partial charge is 0.497 e. The van der Waals surface area contributed by atoms with Crippen molar-refractivity contribution in [1.29, 1.82) is 0 Å². The number of pyridine rings is 1. The molecule has 2 amide bonds. The molecule has 2 aliphatic carbocycles. The smallest absolute Gasteiger partial charge is 0.236 e. The number of methoxy groups -OCH3 is 1. The van der Waals surface area contributed by atoms with Crippen molar-refractivity contribution in [3.05, 3.63) is 71.4 Å². The van der Waals surface area contributed by atoms with Crippen LogP contribution in [0.2, 0.25) is 0 Å². The van der Waals surface area contributed by atoms with Crippen LogP contribution in [0.4, 0.5) is 5.82 Å². The quantitative estimate of drug-likeness (QED) is 0.717. The van der Waals surface area contributed by atoms with Gasteiger partial charge in [0.15, 0.2) is 0 Å². The second-order valence-corrected chi connectivity index (χ2v) is 9.15. The van der Waals surface area contributed by atoms with E-state index in [4.69, 9.17) is 4.74 Å². The van der Waals surface area contributed by atoms with Crippen molar-refractivity contribution < 1.29 is 14.3 Å². The van der Waals surface area contributed by atoms with Gasteiger partial charge in [-0.05, 0) is 66.6 Å². The summed E-state index contributed by atoms with van der Waals surface area (Å²) in [6.45, 7) is 4.01. The molecule has 1 aromatic carbocycles. The Bertz CT molecular complexity index is 1150. The summed E-state index contributed by atoms with van der Waals surface area (Å²) in [6, 6.07) is 11.5. The highest BCUT2D eigenvalue weighted by atomic mass is 16.5. The molecule has 4 rings (SSSR count). The number of aryl methyl sites for hydroxylation is 1. The normalized spacial score (nSPS) is 20.6. The van der Waals surface area contributed by atoms with E-state index in [1.165, 1.54) is 0 Å². The lowest BCUT2D eigenvalue weighted by Gasteiger charge is -2.28. The number of rotatable bonds is 6. The third-order valence-corrected chi connectivity index (χ3v) is 6.79. The summed E-state index contributed by atoms with van der Waals surface area (Å²) in [5, 5.41) is 3.02. The van der Waals surface area contributed by atoms with Gasteiger partial charge in [-0.15, -0.1) is 0 Å². The maximum absolute atomic E-state index is 13.2. The fourth-order valence-corrected chi connectivity index (χ4v) is 4.58. The molecule has 0 radical (unpaired) electrons. The first kappa shape index (κ1) is 22.8. The Kier molecular flexibility index (Phi) is 6.11. The van der Waals surface area contributed by atoms with E-state index in [2.05, 4.69) is 17.2 Å². The lowest BCUT2D eigenvalue weighted by atomic mass is 9.79. The third kappa shape index (κ3) is 4.30. The Hall–Kier alpha value is -3.41. The average Bonchev–Trinajstić information content (AvgIpc) is 3.61. The average molecular weight is 446 g/mol. The summed E-state index contributed by atoms with van der Waals surface area (Å²) >= 11 is 0. The fourth-order valence-electron chi connectivity index (χ4n) is 4.58. The molecule has 6 heteroatoms. The molecule has 172 valence electrons. The van der Waals surface area contributed by atoms with Crippen LogP contribution in [0.5, 0.6) is 5.75 Å². The molecule has 0 aliphatic heterocycles. The van der Waals surface area contributed by atoms with E-state index in [1.54, 1.807) is 26.1 Å². The Morgan fingerprint density at radius 2 is 1.94 bits per heavy atom. The van der Waals surface area contributed by atoms with E-state index in [9.17, 15) is 9.59 Å². The van der Waals surface area contributed by atoms with Crippen molar-refractivity contribution in [2.45, 2.75) is 32.1 Å². The Morgan fingerprint density at radius 1 is 1.18 bits per heavy atom. The van der Waals surface area contributed by atoms with Crippen molar-refractivity contribution in [1.82, 2.24) is 9.88 Å². The highest BCUT2D eigenvalue weighted by Gasteiger charge is 2.51. The topological polar surface area (TPSA) is 71.5 Å². The minimum atomic E-state index is -0.520. The van der Waals surface area contributed by atoms with Gasteiger partial charge < -0.3 is 15.0 Å². The molecule has 1 heterocycles. The molecule has 33 heavy (non-hydrogen) atoms. The minimum absolute atomic E-state index is 0.0358. The van der Waals surface area contributed by atoms with Gasteiger partial charge >= 0.3 is 0 Å². The van der Waals surface area contributed by atoms with E-state index in [1.807, 2.05) is 61.5 Å². The lowest BCUT2D eigenvalue weighted by molar-refractivity contribution is -0.132. The molecule has 1 fully saturated rings. The monoisotopic (exact) mass is 445 g/mol. The maximum Gasteiger partial charge on any atom is 0.236 e. The first-order chi connectivity index (χ1) is 15.8. The SMILES string of the molecule is COc1cccc(C2(C(=O)Nc3ccc(C4=CC=CC(C(=O)N(C)C)C4C)c(C)n3)CC2)c1. The van der Waals surface area contributed by atoms with Crippen LogP contribution >= 0.6 is 0 Å². The standard InChI is InChI=1S/C27H31N3O3/c1-17-21(10-7-11-22(17)25(31)30(3)4)23-12-13-24(28-18(23)2)29-26(32)27(14-15-27)19-8-6-9-20(16-19)33-5/h6-13,16-17,22H,14-15H2,1-5H3,(H,28,29,32). The molecule has 0 spiro atoms. The number of benzene rings is 1. The van der Waals surface area contributed by atoms with E-state index in [0.29, 0.717) is 5.82 Å². The summed E-state index contributed by atoms with van der Waals surface area (Å²) in [7, 11) is 5.19. The second kappa shape index (κ2) is 8.85. The van der Waals surface area contributed by atoms with Gasteiger partial charge in [0.25, 0.3) is 0 Å². The van der Waals surface area contributed by atoms with Crippen molar-refractivity contribution in [2.75, 3.05) is 26.5 Å². The van der Waals surface area contributed by atoms with Crippen LogP contribution in [0.1, 0.15) is 36.6 Å². The van der Waals surface area contributed by atoms with Crippen molar-refractivity contribution in [3.8, 4) is 5.75 Å². The molecule has 6 nitrogen and oxygen atoms in total. The van der Waals surface area contributed by atoms with Crippen LogP contribution in [-0.4, -0.2) is 42.9 Å². The number of carbonyl (C=O) groups is 2. The number of nitrogens with one attached hydrogen (secondary N) is 1. The molecular weight excluding hydrogens is 414 g/mol. The van der Waals surface area contributed by atoms with Crippen LogP contribution in [0.15, 0.2) is 54.6 Å². The molecule has 2 atom stereocenters. The van der Waals surface area contributed by atoms with Gasteiger partial charge in [-0.1, -0.05) is 37.3 Å². The van der Waals surface area contributed by atoms with Crippen molar-refractivity contribution in [3.63, 3.8) is 0 Å². The first-order valence-corrected chi connectivity index (χ1v) is 11.3. The number of anilines is 1. The molecule has 0 saturated heterocycles. The van der Waals surface area contributed by atoms with Crippen molar-refractivity contribution >= 4 is 23.2 Å². The number of aromatic nitrogens is 1.